The zero-order chi connectivity index (χ0) is 16.4. The summed E-state index contributed by atoms with van der Waals surface area (Å²) < 4.78 is 10.9. The molecule has 0 aliphatic carbocycles. The van der Waals surface area contributed by atoms with Gasteiger partial charge in [-0.3, -0.25) is 9.88 Å². The molecule has 1 atom stereocenters. The van der Waals surface area contributed by atoms with Crippen LogP contribution in [0.4, 0.5) is 0 Å². The van der Waals surface area contributed by atoms with Crippen molar-refractivity contribution in [1.29, 1.82) is 0 Å². The van der Waals surface area contributed by atoms with Gasteiger partial charge in [0, 0.05) is 24.8 Å². The molecule has 2 saturated heterocycles. The summed E-state index contributed by atoms with van der Waals surface area (Å²) in [6, 6.07) is 6.61. The maximum Gasteiger partial charge on any atom is 0.229 e. The van der Waals surface area contributed by atoms with Gasteiger partial charge in [-0.05, 0) is 51.3 Å². The first-order valence-corrected chi connectivity index (χ1v) is 8.87. The molecule has 0 bridgehead atoms. The van der Waals surface area contributed by atoms with Crippen molar-refractivity contribution < 1.29 is 9.26 Å². The Bertz CT molecular complexity index is 681. The Morgan fingerprint density at radius 2 is 2.04 bits per heavy atom. The highest BCUT2D eigenvalue weighted by atomic mass is 16.5. The topological polar surface area (TPSA) is 64.3 Å². The Hall–Kier alpha value is -1.79. The zero-order valence-electron chi connectivity index (χ0n) is 14.1. The molecule has 4 heterocycles. The molecule has 6 heteroatoms. The molecule has 2 aromatic rings. The number of ether oxygens (including phenoxy) is 1. The van der Waals surface area contributed by atoms with E-state index in [0.717, 1.165) is 68.7 Å². The van der Waals surface area contributed by atoms with Gasteiger partial charge < -0.3 is 9.26 Å². The Morgan fingerprint density at radius 3 is 2.88 bits per heavy atom. The summed E-state index contributed by atoms with van der Waals surface area (Å²) in [4.78, 5) is 11.8. The van der Waals surface area contributed by atoms with Gasteiger partial charge in [-0.2, -0.15) is 4.98 Å². The van der Waals surface area contributed by atoms with Crippen molar-refractivity contribution in [3.05, 3.63) is 41.3 Å². The average molecular weight is 328 g/mol. The normalized spacial score (nSPS) is 23.0. The highest BCUT2D eigenvalue weighted by Gasteiger charge is 2.29. The van der Waals surface area contributed by atoms with Gasteiger partial charge in [0.2, 0.25) is 5.89 Å². The van der Waals surface area contributed by atoms with Crippen molar-refractivity contribution in [2.75, 3.05) is 19.8 Å². The van der Waals surface area contributed by atoms with Crippen LogP contribution in [0.25, 0.3) is 0 Å². The lowest BCUT2D eigenvalue weighted by Crippen LogP contribution is -2.24. The number of pyridine rings is 1. The fourth-order valence-electron chi connectivity index (χ4n) is 3.72. The van der Waals surface area contributed by atoms with Crippen molar-refractivity contribution in [3.63, 3.8) is 0 Å². The summed E-state index contributed by atoms with van der Waals surface area (Å²) in [5.41, 5.74) is 2.22. The van der Waals surface area contributed by atoms with Gasteiger partial charge in [0.05, 0.1) is 18.3 Å². The SMILES string of the molecule is Cc1cccc([C@@H]2CCCN2Cc2noc(C3CCOCC3)n2)n1. The summed E-state index contributed by atoms with van der Waals surface area (Å²) >= 11 is 0. The van der Waals surface area contributed by atoms with E-state index in [1.807, 2.05) is 13.0 Å². The molecule has 0 spiro atoms. The third kappa shape index (κ3) is 3.35. The number of nitrogens with zero attached hydrogens (tertiary/aromatic N) is 4. The van der Waals surface area contributed by atoms with Crippen LogP contribution in [0.5, 0.6) is 0 Å². The van der Waals surface area contributed by atoms with E-state index in [0.29, 0.717) is 12.0 Å². The first-order valence-electron chi connectivity index (χ1n) is 8.87. The molecule has 128 valence electrons. The number of likely N-dealkylation sites (tertiary alicyclic amines) is 1. The standard InChI is InChI=1S/C18H24N4O2/c1-13-4-2-5-15(19-13)16-6-3-9-22(16)12-17-20-18(24-21-17)14-7-10-23-11-8-14/h2,4-5,14,16H,3,6-12H2,1H3/t16-/m0/s1. The fourth-order valence-corrected chi connectivity index (χ4v) is 3.72. The van der Waals surface area contributed by atoms with Crippen molar-refractivity contribution in [2.24, 2.45) is 0 Å². The van der Waals surface area contributed by atoms with Crippen molar-refractivity contribution >= 4 is 0 Å². The Labute approximate surface area is 142 Å². The quantitative estimate of drug-likeness (QED) is 0.859. The lowest BCUT2D eigenvalue weighted by Gasteiger charge is -2.22. The molecule has 24 heavy (non-hydrogen) atoms. The van der Waals surface area contributed by atoms with Gasteiger partial charge in [0.1, 0.15) is 0 Å². The molecule has 0 N–H and O–H groups in total. The minimum absolute atomic E-state index is 0.354. The van der Waals surface area contributed by atoms with Gasteiger partial charge in [0.25, 0.3) is 0 Å². The van der Waals surface area contributed by atoms with Crippen molar-refractivity contribution in [1.82, 2.24) is 20.0 Å². The van der Waals surface area contributed by atoms with E-state index in [1.165, 1.54) is 6.42 Å². The third-order valence-electron chi connectivity index (χ3n) is 5.01. The van der Waals surface area contributed by atoms with Crippen LogP contribution in [0, 0.1) is 6.92 Å². The van der Waals surface area contributed by atoms with E-state index < -0.39 is 0 Å². The highest BCUT2D eigenvalue weighted by molar-refractivity contribution is 5.15. The van der Waals surface area contributed by atoms with Crippen molar-refractivity contribution in [2.45, 2.75) is 51.1 Å². The van der Waals surface area contributed by atoms with Crippen LogP contribution in [0.15, 0.2) is 22.7 Å². The maximum atomic E-state index is 5.52. The summed E-state index contributed by atoms with van der Waals surface area (Å²) in [5.74, 6) is 1.92. The number of aromatic nitrogens is 3. The molecule has 0 radical (unpaired) electrons. The van der Waals surface area contributed by atoms with Crippen molar-refractivity contribution in [3.8, 4) is 0 Å². The molecular weight excluding hydrogens is 304 g/mol. The predicted molar refractivity (Wildman–Crippen MR) is 88.5 cm³/mol. The van der Waals surface area contributed by atoms with Crippen LogP contribution >= 0.6 is 0 Å². The van der Waals surface area contributed by atoms with Crippen LogP contribution in [0.2, 0.25) is 0 Å². The predicted octanol–water partition coefficient (Wildman–Crippen LogP) is 3.00. The molecule has 2 aliphatic heterocycles. The Kier molecular flexibility index (Phi) is 4.58. The first-order chi connectivity index (χ1) is 11.8. The maximum absolute atomic E-state index is 5.52. The summed E-state index contributed by atoms with van der Waals surface area (Å²) in [7, 11) is 0. The summed E-state index contributed by atoms with van der Waals surface area (Å²) in [6.45, 7) is 5.40. The molecule has 2 fully saturated rings. The second-order valence-corrected chi connectivity index (χ2v) is 6.77. The van der Waals surface area contributed by atoms with E-state index >= 15 is 0 Å². The van der Waals surface area contributed by atoms with Gasteiger partial charge in [-0.1, -0.05) is 11.2 Å². The van der Waals surface area contributed by atoms with Gasteiger partial charge in [-0.25, -0.2) is 0 Å². The van der Waals surface area contributed by atoms with E-state index in [-0.39, 0.29) is 0 Å². The average Bonchev–Trinajstić information content (AvgIpc) is 3.26. The Morgan fingerprint density at radius 1 is 1.17 bits per heavy atom. The largest absolute Gasteiger partial charge is 0.381 e. The van der Waals surface area contributed by atoms with Crippen LogP contribution in [-0.4, -0.2) is 39.8 Å². The zero-order valence-corrected chi connectivity index (χ0v) is 14.1. The lowest BCUT2D eigenvalue weighted by atomic mass is 10.0. The van der Waals surface area contributed by atoms with Crippen LogP contribution < -0.4 is 0 Å². The van der Waals surface area contributed by atoms with Gasteiger partial charge >= 0.3 is 0 Å². The molecule has 4 rings (SSSR count). The number of rotatable bonds is 4. The number of hydrogen-bond donors (Lipinski definition) is 0. The van der Waals surface area contributed by atoms with Gasteiger partial charge in [-0.15, -0.1) is 0 Å². The monoisotopic (exact) mass is 328 g/mol. The lowest BCUT2D eigenvalue weighted by molar-refractivity contribution is 0.0778. The molecule has 2 aromatic heterocycles. The molecule has 0 saturated carbocycles. The Balaban J connectivity index is 1.45. The van der Waals surface area contributed by atoms with E-state index in [2.05, 4.69) is 27.2 Å². The second kappa shape index (κ2) is 6.99. The smallest absolute Gasteiger partial charge is 0.229 e. The summed E-state index contributed by atoms with van der Waals surface area (Å²) in [5, 5.41) is 4.21. The highest BCUT2D eigenvalue weighted by Crippen LogP contribution is 2.32. The van der Waals surface area contributed by atoms with Crippen LogP contribution in [0.3, 0.4) is 0 Å². The van der Waals surface area contributed by atoms with Crippen LogP contribution in [-0.2, 0) is 11.3 Å². The minimum Gasteiger partial charge on any atom is -0.381 e. The second-order valence-electron chi connectivity index (χ2n) is 6.77. The minimum atomic E-state index is 0.354. The fraction of sp³-hybridized carbons (Fsp3) is 0.611. The molecule has 0 aromatic carbocycles. The van der Waals surface area contributed by atoms with E-state index in [4.69, 9.17) is 14.2 Å². The number of aryl methyl sites for hydroxylation is 1. The molecule has 6 nitrogen and oxygen atoms in total. The van der Waals surface area contributed by atoms with Gasteiger partial charge in [0.15, 0.2) is 5.82 Å². The third-order valence-corrected chi connectivity index (χ3v) is 5.01. The summed E-state index contributed by atoms with van der Waals surface area (Å²) in [6.07, 6.45) is 4.27. The molecule has 0 amide bonds. The molecular formula is C18H24N4O2. The van der Waals surface area contributed by atoms with E-state index in [1.54, 1.807) is 0 Å². The van der Waals surface area contributed by atoms with E-state index in [9.17, 15) is 0 Å². The molecule has 0 unspecified atom stereocenters. The molecule has 2 aliphatic rings. The first kappa shape index (κ1) is 15.7. The van der Waals surface area contributed by atoms with Crippen LogP contribution in [0.1, 0.15) is 60.7 Å². The number of hydrogen-bond acceptors (Lipinski definition) is 6.